The van der Waals surface area contributed by atoms with Crippen molar-refractivity contribution in [3.05, 3.63) is 12.0 Å². The molecule has 2 heterocycles. The Morgan fingerprint density at radius 2 is 2.25 bits per heavy atom. The smallest absolute Gasteiger partial charge is 0.156 e. The summed E-state index contributed by atoms with van der Waals surface area (Å²) in [6, 6.07) is 0. The number of anilines is 1. The fourth-order valence-corrected chi connectivity index (χ4v) is 1.65. The van der Waals surface area contributed by atoms with Gasteiger partial charge in [-0.15, -0.1) is 0 Å². The van der Waals surface area contributed by atoms with Gasteiger partial charge in [-0.05, 0) is 13.8 Å². The normalized spacial score (nSPS) is 10.9. The summed E-state index contributed by atoms with van der Waals surface area (Å²) in [4.78, 5) is 8.64. The Bertz CT molecular complexity index is 493. The molecule has 86 valence electrons. The molecule has 16 heavy (non-hydrogen) atoms. The summed E-state index contributed by atoms with van der Waals surface area (Å²) in [5.74, 6) is 1.43. The highest BCUT2D eigenvalue weighted by Crippen LogP contribution is 2.19. The van der Waals surface area contributed by atoms with Crippen molar-refractivity contribution in [3.8, 4) is 0 Å². The molecule has 0 radical (unpaired) electrons. The van der Waals surface area contributed by atoms with Crippen molar-refractivity contribution in [2.45, 2.75) is 20.4 Å². The Balaban J connectivity index is 2.54. The third-order valence-electron chi connectivity index (χ3n) is 2.30. The second-order valence-corrected chi connectivity index (χ2v) is 3.46. The van der Waals surface area contributed by atoms with E-state index in [1.54, 1.807) is 6.20 Å². The standard InChI is InChI=1S/C10H15N5O/c1-3-15-9-8(6-12-15)13-7(2)14-10(9)11-4-5-16/h6,16H,3-5H2,1-2H3,(H,11,13,14). The number of hydrogen-bond acceptors (Lipinski definition) is 5. The average molecular weight is 221 g/mol. The minimum absolute atomic E-state index is 0.0742. The highest BCUT2D eigenvalue weighted by molar-refractivity contribution is 5.85. The highest BCUT2D eigenvalue weighted by atomic mass is 16.3. The van der Waals surface area contributed by atoms with Gasteiger partial charge in [-0.3, -0.25) is 4.68 Å². The molecule has 0 saturated heterocycles. The number of aliphatic hydroxyl groups is 1. The zero-order chi connectivity index (χ0) is 11.5. The van der Waals surface area contributed by atoms with Crippen molar-refractivity contribution in [2.24, 2.45) is 0 Å². The zero-order valence-corrected chi connectivity index (χ0v) is 9.43. The van der Waals surface area contributed by atoms with Crippen LogP contribution in [0.1, 0.15) is 12.7 Å². The fraction of sp³-hybridized carbons (Fsp3) is 0.500. The van der Waals surface area contributed by atoms with Crippen molar-refractivity contribution in [1.29, 1.82) is 0 Å². The number of aryl methyl sites for hydroxylation is 2. The first kappa shape index (κ1) is 10.8. The number of aliphatic hydroxyl groups excluding tert-OH is 1. The molecule has 6 nitrogen and oxygen atoms in total. The van der Waals surface area contributed by atoms with Crippen LogP contribution in [0.2, 0.25) is 0 Å². The van der Waals surface area contributed by atoms with Gasteiger partial charge >= 0.3 is 0 Å². The van der Waals surface area contributed by atoms with Gasteiger partial charge in [0.25, 0.3) is 0 Å². The summed E-state index contributed by atoms with van der Waals surface area (Å²) in [5, 5.41) is 16.1. The van der Waals surface area contributed by atoms with Gasteiger partial charge in [-0.1, -0.05) is 0 Å². The van der Waals surface area contributed by atoms with Crippen LogP contribution in [-0.4, -0.2) is 38.0 Å². The van der Waals surface area contributed by atoms with E-state index in [0.29, 0.717) is 12.4 Å². The van der Waals surface area contributed by atoms with E-state index < -0.39 is 0 Å². The van der Waals surface area contributed by atoms with Crippen molar-refractivity contribution >= 4 is 16.9 Å². The van der Waals surface area contributed by atoms with E-state index in [1.165, 1.54) is 0 Å². The maximum atomic E-state index is 8.82. The molecule has 0 aromatic carbocycles. The molecular formula is C10H15N5O. The summed E-state index contributed by atoms with van der Waals surface area (Å²) in [5.41, 5.74) is 1.72. The van der Waals surface area contributed by atoms with Crippen molar-refractivity contribution < 1.29 is 5.11 Å². The van der Waals surface area contributed by atoms with Gasteiger partial charge in [-0.2, -0.15) is 5.10 Å². The lowest BCUT2D eigenvalue weighted by molar-refractivity contribution is 0.311. The van der Waals surface area contributed by atoms with Crippen LogP contribution in [0.5, 0.6) is 0 Å². The third kappa shape index (κ3) is 1.83. The lowest BCUT2D eigenvalue weighted by Crippen LogP contribution is -2.10. The number of nitrogens with zero attached hydrogens (tertiary/aromatic N) is 4. The van der Waals surface area contributed by atoms with Crippen molar-refractivity contribution in [1.82, 2.24) is 19.7 Å². The molecule has 6 heteroatoms. The van der Waals surface area contributed by atoms with Gasteiger partial charge in [0, 0.05) is 13.1 Å². The lowest BCUT2D eigenvalue weighted by atomic mass is 10.4. The number of rotatable bonds is 4. The molecule has 2 rings (SSSR count). The maximum absolute atomic E-state index is 8.82. The minimum atomic E-state index is 0.0742. The molecule has 0 amide bonds. The summed E-state index contributed by atoms with van der Waals surface area (Å²) in [7, 11) is 0. The fourth-order valence-electron chi connectivity index (χ4n) is 1.65. The van der Waals surface area contributed by atoms with Gasteiger partial charge in [-0.25, -0.2) is 9.97 Å². The Morgan fingerprint density at radius 1 is 1.44 bits per heavy atom. The van der Waals surface area contributed by atoms with Gasteiger partial charge < -0.3 is 10.4 Å². The van der Waals surface area contributed by atoms with E-state index in [-0.39, 0.29) is 6.61 Å². The number of fused-ring (bicyclic) bond motifs is 1. The van der Waals surface area contributed by atoms with E-state index in [2.05, 4.69) is 20.4 Å². The van der Waals surface area contributed by atoms with Crippen LogP contribution in [0.4, 0.5) is 5.82 Å². The van der Waals surface area contributed by atoms with E-state index in [0.717, 1.165) is 23.4 Å². The summed E-state index contributed by atoms with van der Waals surface area (Å²) in [6.07, 6.45) is 1.73. The van der Waals surface area contributed by atoms with Gasteiger partial charge in [0.1, 0.15) is 16.9 Å². The molecule has 0 saturated carbocycles. The first-order valence-corrected chi connectivity index (χ1v) is 5.31. The van der Waals surface area contributed by atoms with Crippen LogP contribution < -0.4 is 5.32 Å². The average Bonchev–Trinajstić information content (AvgIpc) is 2.68. The van der Waals surface area contributed by atoms with Crippen LogP contribution in [0.15, 0.2) is 6.20 Å². The molecule has 0 aliphatic carbocycles. The Morgan fingerprint density at radius 3 is 2.94 bits per heavy atom. The lowest BCUT2D eigenvalue weighted by Gasteiger charge is -2.07. The van der Waals surface area contributed by atoms with Gasteiger partial charge in [0.15, 0.2) is 5.82 Å². The van der Waals surface area contributed by atoms with Crippen LogP contribution in [-0.2, 0) is 6.54 Å². The predicted molar refractivity (Wildman–Crippen MR) is 61.3 cm³/mol. The third-order valence-corrected chi connectivity index (χ3v) is 2.30. The number of hydrogen-bond donors (Lipinski definition) is 2. The molecule has 0 aliphatic heterocycles. The zero-order valence-electron chi connectivity index (χ0n) is 9.43. The molecule has 0 fully saturated rings. The van der Waals surface area contributed by atoms with Crippen LogP contribution in [0, 0.1) is 6.92 Å². The molecule has 2 N–H and O–H groups in total. The summed E-state index contributed by atoms with van der Waals surface area (Å²) >= 11 is 0. The molecule has 0 unspecified atom stereocenters. The van der Waals surface area contributed by atoms with E-state index >= 15 is 0 Å². The van der Waals surface area contributed by atoms with Crippen LogP contribution in [0.25, 0.3) is 11.0 Å². The Kier molecular flexibility index (Phi) is 3.00. The van der Waals surface area contributed by atoms with E-state index in [9.17, 15) is 0 Å². The molecule has 0 atom stereocenters. The van der Waals surface area contributed by atoms with Crippen LogP contribution in [0.3, 0.4) is 0 Å². The Hall–Kier alpha value is -1.69. The van der Waals surface area contributed by atoms with E-state index in [1.807, 2.05) is 18.5 Å². The monoisotopic (exact) mass is 221 g/mol. The van der Waals surface area contributed by atoms with Crippen molar-refractivity contribution in [2.75, 3.05) is 18.5 Å². The largest absolute Gasteiger partial charge is 0.395 e. The number of aromatic nitrogens is 4. The second kappa shape index (κ2) is 4.44. The first-order chi connectivity index (χ1) is 7.76. The topological polar surface area (TPSA) is 75.9 Å². The molecule has 0 bridgehead atoms. The van der Waals surface area contributed by atoms with Gasteiger partial charge in [0.05, 0.1) is 12.8 Å². The maximum Gasteiger partial charge on any atom is 0.156 e. The summed E-state index contributed by atoms with van der Waals surface area (Å²) < 4.78 is 1.84. The SMILES string of the molecule is CCn1ncc2nc(C)nc(NCCO)c21. The van der Waals surface area contributed by atoms with Crippen LogP contribution >= 0.6 is 0 Å². The molecule has 0 aliphatic rings. The molecular weight excluding hydrogens is 206 g/mol. The van der Waals surface area contributed by atoms with Crippen molar-refractivity contribution in [3.63, 3.8) is 0 Å². The molecule has 0 spiro atoms. The summed E-state index contributed by atoms with van der Waals surface area (Å²) in [6.45, 7) is 5.17. The highest BCUT2D eigenvalue weighted by Gasteiger charge is 2.10. The Labute approximate surface area is 93.3 Å². The molecule has 2 aromatic heterocycles. The number of nitrogens with one attached hydrogen (secondary N) is 1. The minimum Gasteiger partial charge on any atom is -0.395 e. The quantitative estimate of drug-likeness (QED) is 0.789. The van der Waals surface area contributed by atoms with Gasteiger partial charge in [0.2, 0.25) is 0 Å². The first-order valence-electron chi connectivity index (χ1n) is 5.31. The predicted octanol–water partition coefficient (Wildman–Crippen LogP) is 0.559. The molecule has 2 aromatic rings. The second-order valence-electron chi connectivity index (χ2n) is 3.46. The van der Waals surface area contributed by atoms with E-state index in [4.69, 9.17) is 5.11 Å².